The van der Waals surface area contributed by atoms with E-state index >= 15 is 0 Å². The minimum absolute atomic E-state index is 0.0329. The van der Waals surface area contributed by atoms with Gasteiger partial charge in [0.2, 0.25) is 5.91 Å². The van der Waals surface area contributed by atoms with Crippen LogP contribution in [0.1, 0.15) is 43.2 Å². The molecule has 2 aromatic rings. The van der Waals surface area contributed by atoms with Crippen molar-refractivity contribution in [1.29, 1.82) is 0 Å². The fraction of sp³-hybridized carbons (Fsp3) is 0.522. The van der Waals surface area contributed by atoms with Gasteiger partial charge in [-0.1, -0.05) is 12.1 Å². The second-order valence-corrected chi connectivity index (χ2v) is 8.11. The van der Waals surface area contributed by atoms with Crippen LogP contribution in [-0.2, 0) is 22.4 Å². The lowest BCUT2D eigenvalue weighted by atomic mass is 9.90. The number of carbonyl (C=O) groups is 1. The van der Waals surface area contributed by atoms with Crippen LogP contribution in [0, 0.1) is 0 Å². The summed E-state index contributed by atoms with van der Waals surface area (Å²) >= 11 is 0. The Hall–Kier alpha value is -2.51. The van der Waals surface area contributed by atoms with Crippen LogP contribution in [0.3, 0.4) is 0 Å². The van der Waals surface area contributed by atoms with Gasteiger partial charge in [0.15, 0.2) is 0 Å². The molecule has 1 amide bonds. The number of amides is 1. The number of rotatable bonds is 7. The Balaban J connectivity index is 1.35. The van der Waals surface area contributed by atoms with Crippen LogP contribution < -0.4 is 10.9 Å². The Morgan fingerprint density at radius 2 is 1.93 bits per heavy atom. The predicted molar refractivity (Wildman–Crippen MR) is 117 cm³/mol. The van der Waals surface area contributed by atoms with Crippen molar-refractivity contribution in [3.8, 4) is 11.3 Å². The summed E-state index contributed by atoms with van der Waals surface area (Å²) < 4.78 is 5.36. The molecular formula is C23H30N4O3. The molecule has 0 bridgehead atoms. The van der Waals surface area contributed by atoms with Gasteiger partial charge in [0, 0.05) is 36.3 Å². The van der Waals surface area contributed by atoms with Crippen molar-refractivity contribution in [3.05, 3.63) is 45.7 Å². The first-order valence-corrected chi connectivity index (χ1v) is 11.0. The first kappa shape index (κ1) is 20.8. The van der Waals surface area contributed by atoms with Crippen LogP contribution in [-0.4, -0.2) is 53.9 Å². The van der Waals surface area contributed by atoms with Gasteiger partial charge in [-0.25, -0.2) is 5.10 Å². The maximum atomic E-state index is 12.4. The maximum Gasteiger partial charge on any atom is 0.267 e. The third-order valence-corrected chi connectivity index (χ3v) is 5.95. The van der Waals surface area contributed by atoms with E-state index in [1.165, 1.54) is 0 Å². The molecular weight excluding hydrogens is 380 g/mol. The smallest absolute Gasteiger partial charge is 0.267 e. The monoisotopic (exact) mass is 410 g/mol. The minimum Gasteiger partial charge on any atom is -0.379 e. The number of fused-ring (bicyclic) bond motifs is 1. The molecule has 30 heavy (non-hydrogen) atoms. The van der Waals surface area contributed by atoms with Crippen LogP contribution in [0.25, 0.3) is 11.3 Å². The highest BCUT2D eigenvalue weighted by molar-refractivity contribution is 5.91. The summed E-state index contributed by atoms with van der Waals surface area (Å²) in [5.74, 6) is 0.0329. The van der Waals surface area contributed by atoms with Crippen LogP contribution >= 0.6 is 0 Å². The molecule has 0 saturated carbocycles. The molecule has 2 N–H and O–H groups in total. The lowest BCUT2D eigenvalue weighted by molar-refractivity contribution is -0.116. The highest BCUT2D eigenvalue weighted by Gasteiger charge is 2.19. The van der Waals surface area contributed by atoms with Crippen molar-refractivity contribution < 1.29 is 9.53 Å². The summed E-state index contributed by atoms with van der Waals surface area (Å²) in [4.78, 5) is 26.9. The molecule has 2 heterocycles. The number of hydrogen-bond acceptors (Lipinski definition) is 5. The number of benzene rings is 1. The zero-order valence-corrected chi connectivity index (χ0v) is 17.4. The Bertz CT molecular complexity index is 934. The summed E-state index contributed by atoms with van der Waals surface area (Å²) in [6.45, 7) is 4.62. The van der Waals surface area contributed by atoms with Gasteiger partial charge in [0.1, 0.15) is 0 Å². The van der Waals surface area contributed by atoms with Crippen molar-refractivity contribution >= 4 is 11.6 Å². The van der Waals surface area contributed by atoms with E-state index in [4.69, 9.17) is 4.74 Å². The summed E-state index contributed by atoms with van der Waals surface area (Å²) in [6.07, 6.45) is 6.20. The Labute approximate surface area is 176 Å². The molecule has 1 aliphatic carbocycles. The molecule has 7 heteroatoms. The number of aromatic amines is 1. The van der Waals surface area contributed by atoms with Gasteiger partial charge < -0.3 is 10.1 Å². The predicted octanol–water partition coefficient (Wildman–Crippen LogP) is 2.76. The van der Waals surface area contributed by atoms with Gasteiger partial charge in [-0.15, -0.1) is 0 Å². The van der Waals surface area contributed by atoms with E-state index in [0.717, 1.165) is 99.4 Å². The first-order chi connectivity index (χ1) is 14.7. The molecule has 1 aromatic carbocycles. The number of ether oxygens (including phenoxy) is 1. The Morgan fingerprint density at radius 1 is 1.13 bits per heavy atom. The molecule has 0 spiro atoms. The van der Waals surface area contributed by atoms with Crippen molar-refractivity contribution in [1.82, 2.24) is 15.1 Å². The number of unbranched alkanes of at least 4 members (excludes halogenated alkanes) is 1. The average Bonchev–Trinajstić information content (AvgIpc) is 2.78. The average molecular weight is 411 g/mol. The SMILES string of the molecule is O=C(CCCCN1CCOCC1)Nc1cccc(-c2n[nH]c(=O)c3c2CCCC3)c1. The number of aromatic nitrogens is 2. The summed E-state index contributed by atoms with van der Waals surface area (Å²) in [6, 6.07) is 7.74. The fourth-order valence-corrected chi connectivity index (χ4v) is 4.31. The van der Waals surface area contributed by atoms with Crippen LogP contribution in [0.15, 0.2) is 29.1 Å². The van der Waals surface area contributed by atoms with Gasteiger partial charge in [0.25, 0.3) is 5.56 Å². The highest BCUT2D eigenvalue weighted by atomic mass is 16.5. The molecule has 7 nitrogen and oxygen atoms in total. The lowest BCUT2D eigenvalue weighted by Crippen LogP contribution is -2.36. The van der Waals surface area contributed by atoms with E-state index in [-0.39, 0.29) is 11.5 Å². The highest BCUT2D eigenvalue weighted by Crippen LogP contribution is 2.29. The normalized spacial score (nSPS) is 16.8. The topological polar surface area (TPSA) is 87.3 Å². The summed E-state index contributed by atoms with van der Waals surface area (Å²) in [5.41, 5.74) is 4.36. The van der Waals surface area contributed by atoms with Crippen molar-refractivity contribution in [2.75, 3.05) is 38.2 Å². The van der Waals surface area contributed by atoms with Crippen molar-refractivity contribution in [2.24, 2.45) is 0 Å². The number of anilines is 1. The quantitative estimate of drug-likeness (QED) is 0.686. The third-order valence-electron chi connectivity index (χ3n) is 5.95. The van der Waals surface area contributed by atoms with E-state index in [0.29, 0.717) is 6.42 Å². The summed E-state index contributed by atoms with van der Waals surface area (Å²) in [7, 11) is 0. The number of nitrogens with zero attached hydrogens (tertiary/aromatic N) is 2. The first-order valence-electron chi connectivity index (χ1n) is 11.0. The summed E-state index contributed by atoms with van der Waals surface area (Å²) in [5, 5.41) is 9.98. The second kappa shape index (κ2) is 10.00. The Kier molecular flexibility index (Phi) is 6.92. The molecule has 1 saturated heterocycles. The molecule has 1 aliphatic heterocycles. The molecule has 1 fully saturated rings. The molecule has 2 aliphatic rings. The van der Waals surface area contributed by atoms with E-state index in [2.05, 4.69) is 20.4 Å². The van der Waals surface area contributed by atoms with Crippen molar-refractivity contribution in [2.45, 2.75) is 44.9 Å². The fourth-order valence-electron chi connectivity index (χ4n) is 4.31. The molecule has 4 rings (SSSR count). The van der Waals surface area contributed by atoms with E-state index < -0.39 is 0 Å². The molecule has 0 radical (unpaired) electrons. The van der Waals surface area contributed by atoms with Gasteiger partial charge in [0.05, 0.1) is 18.9 Å². The molecule has 0 atom stereocenters. The van der Waals surface area contributed by atoms with E-state index in [9.17, 15) is 9.59 Å². The van der Waals surface area contributed by atoms with E-state index in [1.807, 2.05) is 24.3 Å². The van der Waals surface area contributed by atoms with E-state index in [1.54, 1.807) is 0 Å². The number of nitrogens with one attached hydrogen (secondary N) is 2. The lowest BCUT2D eigenvalue weighted by Gasteiger charge is -2.26. The zero-order valence-electron chi connectivity index (χ0n) is 17.4. The molecule has 1 aromatic heterocycles. The van der Waals surface area contributed by atoms with Crippen LogP contribution in [0.2, 0.25) is 0 Å². The number of morpholine rings is 1. The standard InChI is InChI=1S/C23H30N4O3/c28-21(10-3-4-11-27-12-14-30-15-13-27)24-18-7-5-6-17(16-18)22-19-8-1-2-9-20(19)23(29)26-25-22/h5-7,16H,1-4,8-15H2,(H,24,28)(H,26,29). The van der Waals surface area contributed by atoms with Gasteiger partial charge >= 0.3 is 0 Å². The van der Waals surface area contributed by atoms with Crippen LogP contribution in [0.5, 0.6) is 0 Å². The van der Waals surface area contributed by atoms with Gasteiger partial charge in [-0.3, -0.25) is 14.5 Å². The van der Waals surface area contributed by atoms with Crippen molar-refractivity contribution in [3.63, 3.8) is 0 Å². The second-order valence-electron chi connectivity index (χ2n) is 8.11. The molecule has 160 valence electrons. The van der Waals surface area contributed by atoms with Crippen LogP contribution in [0.4, 0.5) is 5.69 Å². The minimum atomic E-state index is -0.0741. The largest absolute Gasteiger partial charge is 0.379 e. The number of H-pyrrole nitrogens is 1. The third kappa shape index (κ3) is 5.15. The molecule has 0 unspecified atom stereocenters. The zero-order chi connectivity index (χ0) is 20.8. The maximum absolute atomic E-state index is 12.4. The number of hydrogen-bond donors (Lipinski definition) is 2. The Morgan fingerprint density at radius 3 is 2.77 bits per heavy atom. The van der Waals surface area contributed by atoms with Gasteiger partial charge in [-0.05, 0) is 62.8 Å². The van der Waals surface area contributed by atoms with Gasteiger partial charge in [-0.2, -0.15) is 5.10 Å². The number of carbonyl (C=O) groups excluding carboxylic acids is 1.